The lowest BCUT2D eigenvalue weighted by Crippen LogP contribution is -2.35. The summed E-state index contributed by atoms with van der Waals surface area (Å²) in [5.74, 6) is 0.902. The fraction of sp³-hybridized carbons (Fsp3) is 0.538. The fourth-order valence-corrected chi connectivity index (χ4v) is 1.99. The van der Waals surface area contributed by atoms with E-state index in [-0.39, 0.29) is 0 Å². The number of ether oxygens (including phenoxy) is 2. The van der Waals surface area contributed by atoms with Crippen molar-refractivity contribution in [2.75, 3.05) is 38.6 Å². The van der Waals surface area contributed by atoms with Gasteiger partial charge in [-0.2, -0.15) is 0 Å². The lowest BCUT2D eigenvalue weighted by atomic mass is 10.1. The van der Waals surface area contributed by atoms with E-state index in [1.54, 1.807) is 0 Å². The first-order valence-corrected chi connectivity index (χ1v) is 6.11. The van der Waals surface area contributed by atoms with Crippen molar-refractivity contribution in [2.24, 2.45) is 0 Å². The minimum absolute atomic E-state index is 0.666. The van der Waals surface area contributed by atoms with Crippen molar-refractivity contribution in [2.45, 2.75) is 13.5 Å². The van der Waals surface area contributed by atoms with E-state index in [9.17, 15) is 0 Å². The zero-order valence-electron chi connectivity index (χ0n) is 10.3. The third kappa shape index (κ3) is 3.35. The van der Waals surface area contributed by atoms with Crippen LogP contribution < -0.4 is 10.5 Å². The van der Waals surface area contributed by atoms with Gasteiger partial charge < -0.3 is 15.2 Å². The van der Waals surface area contributed by atoms with Crippen LogP contribution in [-0.2, 0) is 11.3 Å². The number of anilines is 1. The van der Waals surface area contributed by atoms with E-state index in [4.69, 9.17) is 15.2 Å². The number of morpholine rings is 1. The smallest absolute Gasteiger partial charge is 0.125 e. The first-order valence-electron chi connectivity index (χ1n) is 6.11. The van der Waals surface area contributed by atoms with Gasteiger partial charge in [0.25, 0.3) is 0 Å². The van der Waals surface area contributed by atoms with Crippen molar-refractivity contribution in [3.05, 3.63) is 23.8 Å². The van der Waals surface area contributed by atoms with Crippen LogP contribution in [0.25, 0.3) is 0 Å². The highest BCUT2D eigenvalue weighted by Gasteiger charge is 2.13. The van der Waals surface area contributed by atoms with Crippen molar-refractivity contribution in [1.29, 1.82) is 0 Å². The Morgan fingerprint density at radius 1 is 1.35 bits per heavy atom. The molecule has 1 saturated heterocycles. The second-order valence-electron chi connectivity index (χ2n) is 4.19. The first kappa shape index (κ1) is 12.2. The van der Waals surface area contributed by atoms with E-state index in [0.29, 0.717) is 6.61 Å². The van der Waals surface area contributed by atoms with E-state index >= 15 is 0 Å². The summed E-state index contributed by atoms with van der Waals surface area (Å²) in [5, 5.41) is 0. The molecule has 4 nitrogen and oxygen atoms in total. The predicted molar refractivity (Wildman–Crippen MR) is 68.1 cm³/mol. The summed E-state index contributed by atoms with van der Waals surface area (Å²) in [5.41, 5.74) is 7.72. The zero-order chi connectivity index (χ0) is 12.1. The Morgan fingerprint density at radius 2 is 2.12 bits per heavy atom. The maximum Gasteiger partial charge on any atom is 0.125 e. The molecule has 0 saturated carbocycles. The Hall–Kier alpha value is -1.26. The molecule has 0 atom stereocenters. The van der Waals surface area contributed by atoms with Crippen LogP contribution in [0.2, 0.25) is 0 Å². The molecular formula is C13H20N2O2. The highest BCUT2D eigenvalue weighted by Crippen LogP contribution is 2.23. The molecule has 2 N–H and O–H groups in total. The average Bonchev–Trinajstić information content (AvgIpc) is 2.34. The molecule has 0 radical (unpaired) electrons. The topological polar surface area (TPSA) is 47.7 Å². The Morgan fingerprint density at radius 3 is 2.82 bits per heavy atom. The Kier molecular flexibility index (Phi) is 4.23. The highest BCUT2D eigenvalue weighted by molar-refractivity contribution is 5.48. The van der Waals surface area contributed by atoms with Gasteiger partial charge in [0.2, 0.25) is 0 Å². The highest BCUT2D eigenvalue weighted by atomic mass is 16.5. The zero-order valence-corrected chi connectivity index (χ0v) is 10.3. The number of nitrogens with two attached hydrogens (primary N) is 1. The van der Waals surface area contributed by atoms with E-state index < -0.39 is 0 Å². The lowest BCUT2D eigenvalue weighted by molar-refractivity contribution is 0.0338. The van der Waals surface area contributed by atoms with Crippen LogP contribution in [0.1, 0.15) is 12.5 Å². The van der Waals surface area contributed by atoms with Gasteiger partial charge in [-0.25, -0.2) is 0 Å². The molecular weight excluding hydrogens is 216 g/mol. The molecule has 0 amide bonds. The number of hydrogen-bond acceptors (Lipinski definition) is 4. The average molecular weight is 236 g/mol. The Labute approximate surface area is 102 Å². The maximum atomic E-state index is 5.78. The van der Waals surface area contributed by atoms with E-state index in [1.165, 1.54) is 5.56 Å². The summed E-state index contributed by atoms with van der Waals surface area (Å²) in [4.78, 5) is 2.37. The molecule has 0 bridgehead atoms. The van der Waals surface area contributed by atoms with Gasteiger partial charge in [-0.15, -0.1) is 0 Å². The predicted octanol–water partition coefficient (Wildman–Crippen LogP) is 1.50. The fourth-order valence-electron chi connectivity index (χ4n) is 1.99. The van der Waals surface area contributed by atoms with Gasteiger partial charge in [-0.1, -0.05) is 6.07 Å². The van der Waals surface area contributed by atoms with Crippen molar-refractivity contribution in [3.63, 3.8) is 0 Å². The molecule has 4 heteroatoms. The first-order chi connectivity index (χ1) is 8.29. The van der Waals surface area contributed by atoms with E-state index in [0.717, 1.165) is 44.3 Å². The second-order valence-corrected chi connectivity index (χ2v) is 4.19. The van der Waals surface area contributed by atoms with Gasteiger partial charge in [0.1, 0.15) is 5.75 Å². The summed E-state index contributed by atoms with van der Waals surface area (Å²) >= 11 is 0. The molecule has 1 aliphatic heterocycles. The molecule has 1 fully saturated rings. The van der Waals surface area contributed by atoms with Gasteiger partial charge in [0, 0.05) is 37.0 Å². The van der Waals surface area contributed by atoms with Crippen LogP contribution in [0.15, 0.2) is 18.2 Å². The number of nitrogens with zero attached hydrogens (tertiary/aromatic N) is 1. The quantitative estimate of drug-likeness (QED) is 0.805. The van der Waals surface area contributed by atoms with E-state index in [2.05, 4.69) is 11.0 Å². The van der Waals surface area contributed by atoms with Crippen LogP contribution >= 0.6 is 0 Å². The normalized spacial score (nSPS) is 17.0. The number of nitrogen functional groups attached to an aromatic ring is 1. The van der Waals surface area contributed by atoms with Gasteiger partial charge in [0.05, 0.1) is 19.8 Å². The van der Waals surface area contributed by atoms with Crippen LogP contribution in [0.4, 0.5) is 5.69 Å². The second kappa shape index (κ2) is 5.89. The summed E-state index contributed by atoms with van der Waals surface area (Å²) in [6.45, 7) is 7.16. The molecule has 94 valence electrons. The number of benzene rings is 1. The number of rotatable bonds is 4. The van der Waals surface area contributed by atoms with Crippen molar-refractivity contribution in [3.8, 4) is 5.75 Å². The molecule has 1 aromatic rings. The third-order valence-corrected chi connectivity index (χ3v) is 2.89. The molecule has 1 heterocycles. The van der Waals surface area contributed by atoms with Gasteiger partial charge in [0.15, 0.2) is 0 Å². The van der Waals surface area contributed by atoms with Crippen LogP contribution in [0.3, 0.4) is 0 Å². The standard InChI is InChI=1S/C13H20N2O2/c1-2-17-13-9-12(14)4-3-11(13)10-15-5-7-16-8-6-15/h3-4,9H,2,5-8,10,14H2,1H3. The molecule has 1 aliphatic rings. The minimum atomic E-state index is 0.666. The molecule has 1 aromatic carbocycles. The monoisotopic (exact) mass is 236 g/mol. The van der Waals surface area contributed by atoms with Crippen LogP contribution in [0, 0.1) is 0 Å². The summed E-state index contributed by atoms with van der Waals surface area (Å²) in [7, 11) is 0. The largest absolute Gasteiger partial charge is 0.493 e. The van der Waals surface area contributed by atoms with Crippen LogP contribution in [0.5, 0.6) is 5.75 Å². The van der Waals surface area contributed by atoms with E-state index in [1.807, 2.05) is 19.1 Å². The molecule has 0 aromatic heterocycles. The van der Waals surface area contributed by atoms with Gasteiger partial charge in [-0.3, -0.25) is 4.90 Å². The Balaban J connectivity index is 2.07. The minimum Gasteiger partial charge on any atom is -0.493 e. The summed E-state index contributed by atoms with van der Waals surface area (Å²) < 4.78 is 11.0. The Bertz CT molecular complexity index is 362. The third-order valence-electron chi connectivity index (χ3n) is 2.89. The summed E-state index contributed by atoms with van der Waals surface area (Å²) in [6, 6.07) is 5.88. The van der Waals surface area contributed by atoms with Crippen molar-refractivity contribution < 1.29 is 9.47 Å². The number of hydrogen-bond donors (Lipinski definition) is 1. The molecule has 2 rings (SSSR count). The van der Waals surface area contributed by atoms with Crippen LogP contribution in [-0.4, -0.2) is 37.8 Å². The van der Waals surface area contributed by atoms with Crippen molar-refractivity contribution in [1.82, 2.24) is 4.90 Å². The molecule has 0 aliphatic carbocycles. The molecule has 0 unspecified atom stereocenters. The maximum absolute atomic E-state index is 5.78. The molecule has 17 heavy (non-hydrogen) atoms. The summed E-state index contributed by atoms with van der Waals surface area (Å²) in [6.07, 6.45) is 0. The van der Waals surface area contributed by atoms with Crippen molar-refractivity contribution >= 4 is 5.69 Å². The van der Waals surface area contributed by atoms with Gasteiger partial charge >= 0.3 is 0 Å². The molecule has 0 spiro atoms. The SMILES string of the molecule is CCOc1cc(N)ccc1CN1CCOCC1. The van der Waals surface area contributed by atoms with Gasteiger partial charge in [-0.05, 0) is 13.0 Å². The lowest BCUT2D eigenvalue weighted by Gasteiger charge is -2.27.